The summed E-state index contributed by atoms with van der Waals surface area (Å²) in [5.41, 5.74) is 0. The lowest BCUT2D eigenvalue weighted by Crippen LogP contribution is -2.09. The fourth-order valence-corrected chi connectivity index (χ4v) is 1.56. The van der Waals surface area contributed by atoms with Crippen molar-refractivity contribution < 1.29 is 9.47 Å². The van der Waals surface area contributed by atoms with Crippen LogP contribution in [0.25, 0.3) is 0 Å². The second-order valence-corrected chi connectivity index (χ2v) is 3.76. The van der Waals surface area contributed by atoms with Gasteiger partial charge in [0.25, 0.3) is 0 Å². The smallest absolute Gasteiger partial charge is 0.204 e. The van der Waals surface area contributed by atoms with Crippen molar-refractivity contribution in [2.75, 3.05) is 44.5 Å². The number of rotatable bonds is 9. The molecule has 1 rings (SSSR count). The molecule has 0 saturated heterocycles. The minimum absolute atomic E-state index is 0.658. The maximum Gasteiger partial charge on any atom is 0.204 e. The Kier molecular flexibility index (Phi) is 6.86. The molecule has 6 heteroatoms. The second kappa shape index (κ2) is 8.52. The molecule has 0 amide bonds. The standard InChI is InChI=1S/C12H22N4O2/c1-4-13-11-10(18-3)12(16-9-15-11)14-7-5-6-8-17-2/h9H,4-8H2,1-3H3,(H2,13,14,15,16). The zero-order valence-electron chi connectivity index (χ0n) is 11.3. The summed E-state index contributed by atoms with van der Waals surface area (Å²) < 4.78 is 10.3. The summed E-state index contributed by atoms with van der Waals surface area (Å²) in [6.45, 7) is 4.42. The number of hydrogen-bond acceptors (Lipinski definition) is 6. The normalized spacial score (nSPS) is 10.2. The lowest BCUT2D eigenvalue weighted by Gasteiger charge is -2.13. The van der Waals surface area contributed by atoms with Crippen LogP contribution in [0.15, 0.2) is 6.33 Å². The van der Waals surface area contributed by atoms with Gasteiger partial charge in [-0.05, 0) is 19.8 Å². The van der Waals surface area contributed by atoms with Gasteiger partial charge in [0.05, 0.1) is 7.11 Å². The molecular weight excluding hydrogens is 232 g/mol. The van der Waals surface area contributed by atoms with Gasteiger partial charge in [0.2, 0.25) is 5.75 Å². The van der Waals surface area contributed by atoms with E-state index in [1.807, 2.05) is 6.92 Å². The summed E-state index contributed by atoms with van der Waals surface area (Å²) in [5, 5.41) is 6.39. The van der Waals surface area contributed by atoms with E-state index in [2.05, 4.69) is 20.6 Å². The number of aromatic nitrogens is 2. The Labute approximate surface area is 108 Å². The van der Waals surface area contributed by atoms with E-state index in [9.17, 15) is 0 Å². The Morgan fingerprint density at radius 2 is 1.83 bits per heavy atom. The molecule has 0 aliphatic heterocycles. The van der Waals surface area contributed by atoms with E-state index in [4.69, 9.17) is 9.47 Å². The molecule has 0 aliphatic carbocycles. The molecule has 0 spiro atoms. The van der Waals surface area contributed by atoms with Crippen molar-refractivity contribution in [1.82, 2.24) is 9.97 Å². The topological polar surface area (TPSA) is 68.3 Å². The quantitative estimate of drug-likeness (QED) is 0.654. The van der Waals surface area contributed by atoms with Crippen LogP contribution in [-0.4, -0.2) is 43.9 Å². The number of methoxy groups -OCH3 is 2. The maximum absolute atomic E-state index is 5.33. The average Bonchev–Trinajstić information content (AvgIpc) is 2.39. The van der Waals surface area contributed by atoms with Crippen LogP contribution in [0.5, 0.6) is 5.75 Å². The summed E-state index contributed by atoms with van der Waals surface area (Å²) in [6.07, 6.45) is 3.58. The van der Waals surface area contributed by atoms with Crippen molar-refractivity contribution in [2.45, 2.75) is 19.8 Å². The van der Waals surface area contributed by atoms with E-state index in [1.165, 1.54) is 6.33 Å². The highest BCUT2D eigenvalue weighted by Gasteiger charge is 2.10. The van der Waals surface area contributed by atoms with Gasteiger partial charge in [-0.2, -0.15) is 0 Å². The molecule has 1 aromatic rings. The third kappa shape index (κ3) is 4.37. The van der Waals surface area contributed by atoms with Crippen LogP contribution in [-0.2, 0) is 4.74 Å². The van der Waals surface area contributed by atoms with Crippen molar-refractivity contribution in [3.05, 3.63) is 6.33 Å². The number of unbranched alkanes of at least 4 members (excludes halogenated alkanes) is 1. The predicted octanol–water partition coefficient (Wildman–Crippen LogP) is 1.76. The first-order valence-electron chi connectivity index (χ1n) is 6.19. The van der Waals surface area contributed by atoms with Crippen LogP contribution in [0.1, 0.15) is 19.8 Å². The van der Waals surface area contributed by atoms with Crippen molar-refractivity contribution in [3.8, 4) is 5.75 Å². The number of nitrogens with zero attached hydrogens (tertiary/aromatic N) is 2. The molecule has 0 radical (unpaired) electrons. The highest BCUT2D eigenvalue weighted by molar-refractivity contribution is 5.63. The molecule has 0 bridgehead atoms. The van der Waals surface area contributed by atoms with E-state index in [-0.39, 0.29) is 0 Å². The Morgan fingerprint density at radius 3 is 2.44 bits per heavy atom. The van der Waals surface area contributed by atoms with Gasteiger partial charge >= 0.3 is 0 Å². The largest absolute Gasteiger partial charge is 0.490 e. The minimum Gasteiger partial charge on any atom is -0.490 e. The number of anilines is 2. The Balaban J connectivity index is 2.55. The molecule has 1 heterocycles. The molecule has 1 aromatic heterocycles. The predicted molar refractivity (Wildman–Crippen MR) is 72.3 cm³/mol. The summed E-state index contributed by atoms with van der Waals surface area (Å²) in [6, 6.07) is 0. The van der Waals surface area contributed by atoms with E-state index >= 15 is 0 Å². The first kappa shape index (κ1) is 14.5. The highest BCUT2D eigenvalue weighted by atomic mass is 16.5. The van der Waals surface area contributed by atoms with Crippen LogP contribution in [0.2, 0.25) is 0 Å². The molecule has 0 unspecified atom stereocenters. The third-order valence-electron chi connectivity index (χ3n) is 2.42. The minimum atomic E-state index is 0.658. The van der Waals surface area contributed by atoms with Crippen LogP contribution < -0.4 is 15.4 Å². The van der Waals surface area contributed by atoms with Crippen LogP contribution >= 0.6 is 0 Å². The number of nitrogens with one attached hydrogen (secondary N) is 2. The van der Waals surface area contributed by atoms with Gasteiger partial charge in [-0.15, -0.1) is 0 Å². The average molecular weight is 254 g/mol. The zero-order valence-corrected chi connectivity index (χ0v) is 11.3. The number of ether oxygens (including phenoxy) is 2. The van der Waals surface area contributed by atoms with Gasteiger partial charge in [0.15, 0.2) is 11.6 Å². The van der Waals surface area contributed by atoms with Crippen molar-refractivity contribution in [3.63, 3.8) is 0 Å². The van der Waals surface area contributed by atoms with Gasteiger partial charge in [0, 0.05) is 26.8 Å². The van der Waals surface area contributed by atoms with E-state index in [0.29, 0.717) is 5.75 Å². The van der Waals surface area contributed by atoms with Gasteiger partial charge in [-0.3, -0.25) is 0 Å². The monoisotopic (exact) mass is 254 g/mol. The lowest BCUT2D eigenvalue weighted by molar-refractivity contribution is 0.193. The Morgan fingerprint density at radius 1 is 1.11 bits per heavy atom. The van der Waals surface area contributed by atoms with Gasteiger partial charge in [-0.1, -0.05) is 0 Å². The molecule has 102 valence electrons. The van der Waals surface area contributed by atoms with E-state index < -0.39 is 0 Å². The van der Waals surface area contributed by atoms with Crippen molar-refractivity contribution in [2.24, 2.45) is 0 Å². The summed E-state index contributed by atoms with van der Waals surface area (Å²) in [4.78, 5) is 8.34. The summed E-state index contributed by atoms with van der Waals surface area (Å²) >= 11 is 0. The van der Waals surface area contributed by atoms with Crippen LogP contribution in [0.4, 0.5) is 11.6 Å². The molecule has 0 aliphatic rings. The molecule has 0 saturated carbocycles. The molecule has 0 aromatic carbocycles. The van der Waals surface area contributed by atoms with Gasteiger partial charge in [-0.25, -0.2) is 9.97 Å². The molecule has 0 atom stereocenters. The first-order chi connectivity index (χ1) is 8.83. The summed E-state index contributed by atoms with van der Waals surface area (Å²) in [7, 11) is 3.33. The van der Waals surface area contributed by atoms with Crippen LogP contribution in [0, 0.1) is 0 Å². The highest BCUT2D eigenvalue weighted by Crippen LogP contribution is 2.28. The Hall–Kier alpha value is -1.56. The third-order valence-corrected chi connectivity index (χ3v) is 2.42. The fourth-order valence-electron chi connectivity index (χ4n) is 1.56. The second-order valence-electron chi connectivity index (χ2n) is 3.76. The maximum atomic E-state index is 5.33. The van der Waals surface area contributed by atoms with E-state index in [1.54, 1.807) is 14.2 Å². The van der Waals surface area contributed by atoms with E-state index in [0.717, 1.165) is 44.2 Å². The zero-order chi connectivity index (χ0) is 13.2. The summed E-state index contributed by atoms with van der Waals surface area (Å²) in [5.74, 6) is 2.10. The Bertz CT molecular complexity index is 347. The molecule has 6 nitrogen and oxygen atoms in total. The molecule has 0 fully saturated rings. The molecule has 18 heavy (non-hydrogen) atoms. The first-order valence-corrected chi connectivity index (χ1v) is 6.19. The van der Waals surface area contributed by atoms with Crippen molar-refractivity contribution in [1.29, 1.82) is 0 Å². The molecule has 2 N–H and O–H groups in total. The van der Waals surface area contributed by atoms with Crippen molar-refractivity contribution >= 4 is 11.6 Å². The lowest BCUT2D eigenvalue weighted by atomic mass is 10.3. The fraction of sp³-hybridized carbons (Fsp3) is 0.667. The number of hydrogen-bond donors (Lipinski definition) is 2. The van der Waals surface area contributed by atoms with Crippen LogP contribution in [0.3, 0.4) is 0 Å². The van der Waals surface area contributed by atoms with Gasteiger partial charge < -0.3 is 20.1 Å². The molecular formula is C12H22N4O2. The SMILES string of the molecule is CCNc1ncnc(NCCCCOC)c1OC. The van der Waals surface area contributed by atoms with Gasteiger partial charge in [0.1, 0.15) is 6.33 Å².